The van der Waals surface area contributed by atoms with E-state index in [2.05, 4.69) is 4.98 Å². The molecule has 0 saturated carbocycles. The molecule has 0 fully saturated rings. The van der Waals surface area contributed by atoms with E-state index in [0.29, 0.717) is 12.5 Å². The monoisotopic (exact) mass is 238 g/mol. The van der Waals surface area contributed by atoms with Crippen molar-refractivity contribution in [3.63, 3.8) is 0 Å². The number of hydrogen-bond acceptors (Lipinski definition) is 5. The van der Waals surface area contributed by atoms with Gasteiger partial charge in [0.15, 0.2) is 0 Å². The molecule has 0 radical (unpaired) electrons. The van der Waals surface area contributed by atoms with Crippen molar-refractivity contribution >= 4 is 22.3 Å². The van der Waals surface area contributed by atoms with Crippen molar-refractivity contribution in [1.82, 2.24) is 9.55 Å². The molecule has 2 N–H and O–H groups in total. The average Bonchev–Trinajstić information content (AvgIpc) is 2.80. The number of imidazole rings is 1. The van der Waals surface area contributed by atoms with Crippen LogP contribution in [0.4, 0.5) is 10.9 Å². The van der Waals surface area contributed by atoms with Gasteiger partial charge in [-0.1, -0.05) is 11.3 Å². The van der Waals surface area contributed by atoms with Crippen LogP contribution in [0.3, 0.4) is 0 Å². The maximum Gasteiger partial charge on any atom is 0.324 e. The van der Waals surface area contributed by atoms with E-state index in [1.54, 1.807) is 12.3 Å². The molecule has 84 valence electrons. The van der Waals surface area contributed by atoms with Gasteiger partial charge in [-0.05, 0) is 13.0 Å². The molecule has 7 heteroatoms. The van der Waals surface area contributed by atoms with Crippen molar-refractivity contribution in [2.45, 2.75) is 13.5 Å². The summed E-state index contributed by atoms with van der Waals surface area (Å²) in [7, 11) is 0. The second kappa shape index (κ2) is 3.93. The van der Waals surface area contributed by atoms with E-state index < -0.39 is 4.92 Å². The number of hydrogen-bond donors (Lipinski definition) is 1. The highest BCUT2D eigenvalue weighted by Crippen LogP contribution is 2.25. The van der Waals surface area contributed by atoms with Gasteiger partial charge in [-0.25, -0.2) is 4.98 Å². The van der Waals surface area contributed by atoms with Crippen LogP contribution in [0.25, 0.3) is 0 Å². The van der Waals surface area contributed by atoms with Gasteiger partial charge in [0.1, 0.15) is 0 Å². The second-order valence-corrected chi connectivity index (χ2v) is 4.49. The molecule has 2 aromatic heterocycles. The third kappa shape index (κ3) is 1.89. The number of nitro groups is 1. The first-order valence-electron chi connectivity index (χ1n) is 4.58. The first kappa shape index (κ1) is 10.6. The van der Waals surface area contributed by atoms with E-state index >= 15 is 0 Å². The topological polar surface area (TPSA) is 87.0 Å². The van der Waals surface area contributed by atoms with Crippen molar-refractivity contribution in [1.29, 1.82) is 0 Å². The van der Waals surface area contributed by atoms with E-state index in [1.807, 2.05) is 11.5 Å². The zero-order valence-electron chi connectivity index (χ0n) is 8.58. The lowest BCUT2D eigenvalue weighted by atomic mass is 10.4. The smallest absolute Gasteiger partial charge is 0.324 e. The summed E-state index contributed by atoms with van der Waals surface area (Å²) in [5.74, 6) is 0.425. The molecule has 2 rings (SSSR count). The number of rotatable bonds is 3. The maximum atomic E-state index is 10.5. The molecule has 0 atom stereocenters. The van der Waals surface area contributed by atoms with Gasteiger partial charge in [0.25, 0.3) is 0 Å². The molecule has 0 aliphatic carbocycles. The van der Waals surface area contributed by atoms with Crippen LogP contribution in [-0.4, -0.2) is 14.5 Å². The van der Waals surface area contributed by atoms with Gasteiger partial charge in [-0.2, -0.15) is 0 Å². The second-order valence-electron chi connectivity index (χ2n) is 3.34. The van der Waals surface area contributed by atoms with Crippen LogP contribution in [0.15, 0.2) is 18.3 Å². The highest BCUT2D eigenvalue weighted by atomic mass is 32.1. The Morgan fingerprint density at radius 2 is 2.38 bits per heavy atom. The van der Waals surface area contributed by atoms with Gasteiger partial charge < -0.3 is 10.3 Å². The van der Waals surface area contributed by atoms with Crippen LogP contribution < -0.4 is 5.73 Å². The fourth-order valence-corrected chi connectivity index (χ4v) is 2.20. The van der Waals surface area contributed by atoms with Crippen LogP contribution in [0.2, 0.25) is 0 Å². The summed E-state index contributed by atoms with van der Waals surface area (Å²) in [4.78, 5) is 15.0. The Bertz CT molecular complexity index is 512. The lowest BCUT2D eigenvalue weighted by molar-refractivity contribution is -0.380. The van der Waals surface area contributed by atoms with Gasteiger partial charge in [-0.3, -0.25) is 10.1 Å². The maximum absolute atomic E-state index is 10.5. The molecule has 0 bridgehead atoms. The zero-order valence-corrected chi connectivity index (χ0v) is 9.40. The van der Waals surface area contributed by atoms with Gasteiger partial charge in [0.05, 0.1) is 17.7 Å². The largest absolute Gasteiger partial charge is 0.369 e. The molecule has 0 unspecified atom stereocenters. The van der Waals surface area contributed by atoms with Crippen LogP contribution in [0.1, 0.15) is 10.6 Å². The van der Waals surface area contributed by atoms with Gasteiger partial charge in [0.2, 0.25) is 5.95 Å². The number of aryl methyl sites for hydroxylation is 1. The number of thiophene rings is 1. The summed E-state index contributed by atoms with van der Waals surface area (Å²) in [6.45, 7) is 2.42. The fraction of sp³-hybridized carbons (Fsp3) is 0.222. The first-order chi connectivity index (χ1) is 7.58. The number of aromatic nitrogens is 2. The number of nitrogen functional groups attached to an aromatic ring is 1. The molecule has 2 heterocycles. The Balaban J connectivity index is 2.24. The van der Waals surface area contributed by atoms with E-state index in [9.17, 15) is 10.1 Å². The molecule has 0 aliphatic rings. The molecule has 6 nitrogen and oxygen atoms in total. The predicted octanol–water partition coefficient (Wildman–Crippen LogP) is 1.79. The molecule has 2 aromatic rings. The highest BCUT2D eigenvalue weighted by Gasteiger charge is 2.11. The minimum atomic E-state index is -0.391. The normalized spacial score (nSPS) is 10.6. The summed E-state index contributed by atoms with van der Waals surface area (Å²) < 4.78 is 1.82. The van der Waals surface area contributed by atoms with Crippen LogP contribution in [0.5, 0.6) is 0 Å². The zero-order chi connectivity index (χ0) is 11.7. The van der Waals surface area contributed by atoms with Crippen LogP contribution in [-0.2, 0) is 6.54 Å². The van der Waals surface area contributed by atoms with Crippen molar-refractivity contribution in [2.24, 2.45) is 0 Å². The number of anilines is 1. The molecule has 0 spiro atoms. The predicted molar refractivity (Wildman–Crippen MR) is 61.5 cm³/mol. The van der Waals surface area contributed by atoms with Crippen molar-refractivity contribution in [3.05, 3.63) is 39.0 Å². The van der Waals surface area contributed by atoms with E-state index in [4.69, 9.17) is 5.73 Å². The van der Waals surface area contributed by atoms with Crippen LogP contribution >= 0.6 is 11.3 Å². The number of nitrogens with two attached hydrogens (primary N) is 1. The van der Waals surface area contributed by atoms with Gasteiger partial charge in [0, 0.05) is 16.6 Å². The molecular weight excluding hydrogens is 228 g/mol. The quantitative estimate of drug-likeness (QED) is 0.652. The standard InChI is InChI=1S/C9H10N4O2S/c1-6-4-11-9(10)12(6)5-7-2-3-8(16-7)13(14)15/h2-4H,5H2,1H3,(H2,10,11). The van der Waals surface area contributed by atoms with E-state index in [-0.39, 0.29) is 5.00 Å². The summed E-state index contributed by atoms with van der Waals surface area (Å²) >= 11 is 1.15. The Morgan fingerprint density at radius 3 is 2.88 bits per heavy atom. The molecule has 16 heavy (non-hydrogen) atoms. The van der Waals surface area contributed by atoms with Crippen molar-refractivity contribution in [3.8, 4) is 0 Å². The summed E-state index contributed by atoms with van der Waals surface area (Å²) in [6.07, 6.45) is 1.68. The Labute approximate surface area is 95.5 Å². The van der Waals surface area contributed by atoms with Crippen molar-refractivity contribution < 1.29 is 4.92 Å². The van der Waals surface area contributed by atoms with Crippen molar-refractivity contribution in [2.75, 3.05) is 5.73 Å². The highest BCUT2D eigenvalue weighted by molar-refractivity contribution is 7.15. The van der Waals surface area contributed by atoms with Gasteiger partial charge >= 0.3 is 5.00 Å². The fourth-order valence-electron chi connectivity index (χ4n) is 1.39. The molecule has 0 aliphatic heterocycles. The summed E-state index contributed by atoms with van der Waals surface area (Å²) in [5.41, 5.74) is 6.62. The minimum absolute atomic E-state index is 0.145. The third-order valence-corrected chi connectivity index (χ3v) is 3.25. The van der Waals surface area contributed by atoms with Crippen LogP contribution in [0, 0.1) is 17.0 Å². The third-order valence-electron chi connectivity index (χ3n) is 2.23. The van der Waals surface area contributed by atoms with E-state index in [0.717, 1.165) is 21.9 Å². The Hall–Kier alpha value is -1.89. The first-order valence-corrected chi connectivity index (χ1v) is 5.40. The minimum Gasteiger partial charge on any atom is -0.369 e. The Kier molecular flexibility index (Phi) is 2.61. The molecular formula is C9H10N4O2S. The SMILES string of the molecule is Cc1cnc(N)n1Cc1ccc([N+](=O)[O-])s1. The average molecular weight is 238 g/mol. The lowest BCUT2D eigenvalue weighted by Crippen LogP contribution is -2.04. The summed E-state index contributed by atoms with van der Waals surface area (Å²) in [6, 6.07) is 3.24. The molecule has 0 amide bonds. The Morgan fingerprint density at radius 1 is 1.62 bits per heavy atom. The van der Waals surface area contributed by atoms with Gasteiger partial charge in [-0.15, -0.1) is 0 Å². The molecule has 0 aromatic carbocycles. The summed E-state index contributed by atoms with van der Waals surface area (Å²) in [5, 5.41) is 10.7. The number of nitrogens with zero attached hydrogens (tertiary/aromatic N) is 3. The molecule has 0 saturated heterocycles. The lowest BCUT2D eigenvalue weighted by Gasteiger charge is -2.04. The van der Waals surface area contributed by atoms with E-state index in [1.165, 1.54) is 6.07 Å².